The molecule has 0 aliphatic carbocycles. The predicted octanol–water partition coefficient (Wildman–Crippen LogP) is 3.69. The van der Waals surface area contributed by atoms with Crippen molar-refractivity contribution in [1.82, 2.24) is 0 Å². The van der Waals surface area contributed by atoms with E-state index in [0.29, 0.717) is 5.75 Å². The van der Waals surface area contributed by atoms with Gasteiger partial charge in [-0.05, 0) is 37.1 Å². The third-order valence-electron chi connectivity index (χ3n) is 2.56. The molecule has 0 fully saturated rings. The van der Waals surface area contributed by atoms with Crippen LogP contribution in [-0.4, -0.2) is 11.7 Å². The van der Waals surface area contributed by atoms with E-state index in [-0.39, 0.29) is 0 Å². The SMILES string of the molecule is CCCCCCNc1ccc(O)c(C)c1. The minimum Gasteiger partial charge on any atom is -0.508 e. The molecule has 0 amide bonds. The number of aryl methyl sites for hydroxylation is 1. The van der Waals surface area contributed by atoms with Gasteiger partial charge in [0.05, 0.1) is 0 Å². The van der Waals surface area contributed by atoms with Crippen LogP contribution in [0.4, 0.5) is 5.69 Å². The zero-order valence-corrected chi connectivity index (χ0v) is 9.71. The number of rotatable bonds is 6. The van der Waals surface area contributed by atoms with Crippen molar-refractivity contribution in [3.8, 4) is 5.75 Å². The number of hydrogen-bond acceptors (Lipinski definition) is 2. The first-order chi connectivity index (χ1) is 7.24. The van der Waals surface area contributed by atoms with Gasteiger partial charge in [0.15, 0.2) is 0 Å². The summed E-state index contributed by atoms with van der Waals surface area (Å²) >= 11 is 0. The van der Waals surface area contributed by atoms with Crippen LogP contribution in [0.3, 0.4) is 0 Å². The fraction of sp³-hybridized carbons (Fsp3) is 0.538. The van der Waals surface area contributed by atoms with Gasteiger partial charge in [0.1, 0.15) is 5.75 Å². The monoisotopic (exact) mass is 207 g/mol. The third kappa shape index (κ3) is 4.24. The third-order valence-corrected chi connectivity index (χ3v) is 2.56. The maximum atomic E-state index is 9.36. The first-order valence-corrected chi connectivity index (χ1v) is 5.77. The summed E-state index contributed by atoms with van der Waals surface area (Å²) in [5.74, 6) is 0.367. The molecule has 1 aromatic rings. The Morgan fingerprint density at radius 3 is 2.67 bits per heavy atom. The number of nitrogens with one attached hydrogen (secondary N) is 1. The van der Waals surface area contributed by atoms with Crippen LogP contribution in [0.2, 0.25) is 0 Å². The van der Waals surface area contributed by atoms with Crippen LogP contribution in [0.25, 0.3) is 0 Å². The van der Waals surface area contributed by atoms with Gasteiger partial charge in [-0.1, -0.05) is 26.2 Å². The van der Waals surface area contributed by atoms with Crippen molar-refractivity contribution < 1.29 is 5.11 Å². The topological polar surface area (TPSA) is 32.3 Å². The molecule has 0 aliphatic heterocycles. The summed E-state index contributed by atoms with van der Waals surface area (Å²) < 4.78 is 0. The summed E-state index contributed by atoms with van der Waals surface area (Å²) in [5, 5.41) is 12.7. The summed E-state index contributed by atoms with van der Waals surface area (Å²) in [6.45, 7) is 5.15. The van der Waals surface area contributed by atoms with Gasteiger partial charge in [0.25, 0.3) is 0 Å². The Morgan fingerprint density at radius 1 is 1.20 bits per heavy atom. The Bertz CT molecular complexity index is 297. The van der Waals surface area contributed by atoms with Crippen LogP contribution in [0.1, 0.15) is 38.2 Å². The summed E-state index contributed by atoms with van der Waals surface area (Å²) in [6.07, 6.45) is 5.10. The highest BCUT2D eigenvalue weighted by molar-refractivity contribution is 5.50. The van der Waals surface area contributed by atoms with Crippen molar-refractivity contribution in [3.05, 3.63) is 23.8 Å². The van der Waals surface area contributed by atoms with Crippen LogP contribution >= 0.6 is 0 Å². The van der Waals surface area contributed by atoms with E-state index in [1.54, 1.807) is 6.07 Å². The molecule has 0 aliphatic rings. The molecule has 15 heavy (non-hydrogen) atoms. The number of phenolic OH excluding ortho intramolecular Hbond substituents is 1. The van der Waals surface area contributed by atoms with E-state index in [2.05, 4.69) is 12.2 Å². The molecule has 1 aromatic carbocycles. The standard InChI is InChI=1S/C13H21NO/c1-3-4-5-6-9-14-12-7-8-13(15)11(2)10-12/h7-8,10,14-15H,3-6,9H2,1-2H3. The van der Waals surface area contributed by atoms with Crippen LogP contribution in [0.5, 0.6) is 5.75 Å². The Kier molecular flexibility index (Phi) is 5.02. The van der Waals surface area contributed by atoms with Crippen LogP contribution < -0.4 is 5.32 Å². The molecule has 0 spiro atoms. The summed E-state index contributed by atoms with van der Waals surface area (Å²) in [7, 11) is 0. The summed E-state index contributed by atoms with van der Waals surface area (Å²) in [5.41, 5.74) is 2.02. The number of unbranched alkanes of at least 4 members (excludes halogenated alkanes) is 3. The molecule has 0 bridgehead atoms. The lowest BCUT2D eigenvalue weighted by Crippen LogP contribution is -2.01. The smallest absolute Gasteiger partial charge is 0.118 e. The van der Waals surface area contributed by atoms with E-state index in [4.69, 9.17) is 0 Å². The minimum atomic E-state index is 0.367. The van der Waals surface area contributed by atoms with Gasteiger partial charge in [-0.15, -0.1) is 0 Å². The van der Waals surface area contributed by atoms with Crippen LogP contribution in [-0.2, 0) is 0 Å². The van der Waals surface area contributed by atoms with Gasteiger partial charge < -0.3 is 10.4 Å². The lowest BCUT2D eigenvalue weighted by molar-refractivity contribution is 0.471. The number of aromatic hydroxyl groups is 1. The largest absolute Gasteiger partial charge is 0.508 e. The Hall–Kier alpha value is -1.18. The Morgan fingerprint density at radius 2 is 2.00 bits per heavy atom. The highest BCUT2D eigenvalue weighted by atomic mass is 16.3. The zero-order chi connectivity index (χ0) is 11.1. The van der Waals surface area contributed by atoms with E-state index >= 15 is 0 Å². The van der Waals surface area contributed by atoms with E-state index in [1.165, 1.54) is 25.7 Å². The van der Waals surface area contributed by atoms with E-state index in [9.17, 15) is 5.11 Å². The maximum absolute atomic E-state index is 9.36. The first kappa shape index (κ1) is 11.9. The molecule has 0 aromatic heterocycles. The minimum absolute atomic E-state index is 0.367. The molecule has 2 N–H and O–H groups in total. The molecule has 0 radical (unpaired) electrons. The van der Waals surface area contributed by atoms with Crippen molar-refractivity contribution in [1.29, 1.82) is 0 Å². The van der Waals surface area contributed by atoms with Gasteiger partial charge in [0.2, 0.25) is 0 Å². The average molecular weight is 207 g/mol. The molecule has 0 saturated heterocycles. The first-order valence-electron chi connectivity index (χ1n) is 5.77. The predicted molar refractivity (Wildman–Crippen MR) is 65.5 cm³/mol. The number of hydrogen-bond donors (Lipinski definition) is 2. The fourth-order valence-electron chi connectivity index (χ4n) is 1.55. The number of anilines is 1. The van der Waals surface area contributed by atoms with Crippen molar-refractivity contribution in [2.45, 2.75) is 39.5 Å². The molecular weight excluding hydrogens is 186 g/mol. The van der Waals surface area contributed by atoms with Gasteiger partial charge in [-0.2, -0.15) is 0 Å². The quantitative estimate of drug-likeness (QED) is 0.550. The molecule has 0 unspecified atom stereocenters. The van der Waals surface area contributed by atoms with Crippen molar-refractivity contribution in [2.24, 2.45) is 0 Å². The molecule has 0 heterocycles. The van der Waals surface area contributed by atoms with E-state index in [0.717, 1.165) is 17.8 Å². The summed E-state index contributed by atoms with van der Waals surface area (Å²) in [4.78, 5) is 0. The zero-order valence-electron chi connectivity index (χ0n) is 9.71. The van der Waals surface area contributed by atoms with E-state index < -0.39 is 0 Å². The van der Waals surface area contributed by atoms with Crippen molar-refractivity contribution in [2.75, 3.05) is 11.9 Å². The van der Waals surface area contributed by atoms with Gasteiger partial charge in [0, 0.05) is 12.2 Å². The highest BCUT2D eigenvalue weighted by Crippen LogP contribution is 2.20. The Labute approximate surface area is 92.3 Å². The van der Waals surface area contributed by atoms with Crippen molar-refractivity contribution >= 4 is 5.69 Å². The summed E-state index contributed by atoms with van der Waals surface area (Å²) in [6, 6.07) is 5.64. The van der Waals surface area contributed by atoms with E-state index in [1.807, 2.05) is 19.1 Å². The van der Waals surface area contributed by atoms with Gasteiger partial charge in [-0.3, -0.25) is 0 Å². The van der Waals surface area contributed by atoms with Crippen LogP contribution in [0, 0.1) is 6.92 Å². The highest BCUT2D eigenvalue weighted by Gasteiger charge is 1.97. The molecule has 2 heteroatoms. The molecule has 84 valence electrons. The molecule has 1 rings (SSSR count). The lowest BCUT2D eigenvalue weighted by atomic mass is 10.2. The second-order valence-corrected chi connectivity index (χ2v) is 3.99. The maximum Gasteiger partial charge on any atom is 0.118 e. The number of phenols is 1. The van der Waals surface area contributed by atoms with Gasteiger partial charge in [-0.25, -0.2) is 0 Å². The van der Waals surface area contributed by atoms with Crippen molar-refractivity contribution in [3.63, 3.8) is 0 Å². The lowest BCUT2D eigenvalue weighted by Gasteiger charge is -2.07. The second kappa shape index (κ2) is 6.33. The second-order valence-electron chi connectivity index (χ2n) is 3.99. The average Bonchev–Trinajstić information content (AvgIpc) is 2.23. The van der Waals surface area contributed by atoms with Gasteiger partial charge >= 0.3 is 0 Å². The fourth-order valence-corrected chi connectivity index (χ4v) is 1.55. The normalized spacial score (nSPS) is 10.3. The molecule has 0 atom stereocenters. The molecule has 2 nitrogen and oxygen atoms in total. The molecular formula is C13H21NO. The Balaban J connectivity index is 2.28. The van der Waals surface area contributed by atoms with Crippen LogP contribution in [0.15, 0.2) is 18.2 Å². The molecule has 0 saturated carbocycles. The number of benzene rings is 1.